The van der Waals surface area contributed by atoms with Crippen molar-refractivity contribution >= 4 is 53.7 Å². The van der Waals surface area contributed by atoms with Gasteiger partial charge in [0.2, 0.25) is 0 Å². The van der Waals surface area contributed by atoms with Crippen LogP contribution in [0.3, 0.4) is 0 Å². The number of Topliss-reactive ketones (excluding diaryl/α,β-unsaturated/α-hetero) is 1. The lowest BCUT2D eigenvalue weighted by Gasteiger charge is -2.32. The van der Waals surface area contributed by atoms with Gasteiger partial charge in [-0.15, -0.1) is 47.9 Å². The first-order valence-corrected chi connectivity index (χ1v) is 9.01. The second-order valence-corrected chi connectivity index (χ2v) is 8.08. The number of piperazine rings is 1. The molecule has 0 aliphatic carbocycles. The summed E-state index contributed by atoms with van der Waals surface area (Å²) in [7, 11) is 2.19. The molecule has 1 aliphatic rings. The van der Waals surface area contributed by atoms with Gasteiger partial charge in [-0.1, -0.05) is 0 Å². The van der Waals surface area contributed by atoms with Gasteiger partial charge in [0.05, 0.1) is 4.21 Å². The van der Waals surface area contributed by atoms with Crippen LogP contribution in [0.4, 0.5) is 0 Å². The highest BCUT2D eigenvalue weighted by Gasteiger charge is 2.14. The van der Waals surface area contributed by atoms with E-state index in [1.54, 1.807) is 18.3 Å². The molecule has 1 saturated heterocycles. The Kier molecular flexibility index (Phi) is 11.0. The average Bonchev–Trinajstić information content (AvgIpc) is 2.78. The summed E-state index contributed by atoms with van der Waals surface area (Å²) in [6, 6.07) is 2.02. The molecule has 0 amide bonds. The molecule has 22 heavy (non-hydrogen) atoms. The van der Waals surface area contributed by atoms with Crippen molar-refractivity contribution in [3.63, 3.8) is 0 Å². The Bertz CT molecular complexity index is 460. The van der Waals surface area contributed by atoms with Gasteiger partial charge in [-0.25, -0.2) is 0 Å². The number of nitrogens with zero attached hydrogens (tertiary/aromatic N) is 2. The molecule has 0 radical (unpaired) electrons. The van der Waals surface area contributed by atoms with Gasteiger partial charge in [0, 0.05) is 42.4 Å². The number of halogens is 2. The van der Waals surface area contributed by atoms with E-state index in [0.717, 1.165) is 11.3 Å². The Morgan fingerprint density at radius 1 is 1.27 bits per heavy atom. The highest BCUT2D eigenvalue weighted by atomic mass is 35.5. The summed E-state index contributed by atoms with van der Waals surface area (Å²) < 4.78 is 1.20. The molecule has 0 atom stereocenters. The van der Waals surface area contributed by atoms with Crippen molar-refractivity contribution in [2.75, 3.05) is 45.5 Å². The number of ketones is 1. The van der Waals surface area contributed by atoms with Crippen molar-refractivity contribution in [3.05, 3.63) is 16.5 Å². The number of aryl methyl sites for hydroxylation is 1. The van der Waals surface area contributed by atoms with Crippen LogP contribution in [0.2, 0.25) is 0 Å². The number of hydrogen-bond acceptors (Lipinski definition) is 5. The number of hydrogen-bond donors (Lipinski definition) is 0. The maximum atomic E-state index is 11.6. The van der Waals surface area contributed by atoms with Crippen molar-refractivity contribution in [2.24, 2.45) is 0 Å². The number of thiophene rings is 1. The zero-order chi connectivity index (χ0) is 14.5. The SMILES string of the molecule is CC(=O)c1cc(C)sc1SCCCN1CCN(C)CC1.Cl.Cl. The molecule has 3 nitrogen and oxygen atoms in total. The first-order valence-electron chi connectivity index (χ1n) is 7.21. The Hall–Kier alpha value is 0.220. The molecule has 0 unspecified atom stereocenters. The monoisotopic (exact) mass is 384 g/mol. The molecule has 0 spiro atoms. The average molecular weight is 385 g/mol. The maximum absolute atomic E-state index is 11.6. The van der Waals surface area contributed by atoms with Gasteiger partial charge in [0.1, 0.15) is 0 Å². The summed E-state index contributed by atoms with van der Waals surface area (Å²) in [5.41, 5.74) is 0.914. The van der Waals surface area contributed by atoms with Gasteiger partial charge in [0.15, 0.2) is 5.78 Å². The molecule has 2 heterocycles. The molecule has 0 N–H and O–H groups in total. The largest absolute Gasteiger partial charge is 0.304 e. The Morgan fingerprint density at radius 2 is 1.91 bits per heavy atom. The van der Waals surface area contributed by atoms with Crippen LogP contribution in [0.15, 0.2) is 10.3 Å². The summed E-state index contributed by atoms with van der Waals surface area (Å²) in [4.78, 5) is 17.7. The summed E-state index contributed by atoms with van der Waals surface area (Å²) in [6.45, 7) is 9.68. The molecule has 2 rings (SSSR count). The predicted octanol–water partition coefficient (Wildman–Crippen LogP) is 3.83. The third kappa shape index (κ3) is 6.77. The zero-order valence-electron chi connectivity index (χ0n) is 13.5. The lowest BCUT2D eigenvalue weighted by atomic mass is 10.2. The van der Waals surface area contributed by atoms with Crippen LogP contribution in [0.5, 0.6) is 0 Å². The molecular formula is C15H26Cl2N2OS2. The minimum Gasteiger partial charge on any atom is -0.304 e. The second-order valence-electron chi connectivity index (χ2n) is 5.46. The van der Waals surface area contributed by atoms with E-state index in [0.29, 0.717) is 0 Å². The van der Waals surface area contributed by atoms with Crippen LogP contribution in [0, 0.1) is 6.92 Å². The Morgan fingerprint density at radius 3 is 2.50 bits per heavy atom. The van der Waals surface area contributed by atoms with Crippen LogP contribution in [0.1, 0.15) is 28.6 Å². The number of rotatable bonds is 6. The van der Waals surface area contributed by atoms with E-state index in [2.05, 4.69) is 23.8 Å². The molecule has 1 aromatic heterocycles. The van der Waals surface area contributed by atoms with Gasteiger partial charge in [-0.05, 0) is 39.9 Å². The first kappa shape index (κ1) is 22.2. The molecule has 0 saturated carbocycles. The summed E-state index contributed by atoms with van der Waals surface area (Å²) in [5.74, 6) is 1.29. The molecule has 0 aromatic carbocycles. The molecule has 0 bridgehead atoms. The molecule has 7 heteroatoms. The van der Waals surface area contributed by atoms with E-state index in [-0.39, 0.29) is 30.6 Å². The van der Waals surface area contributed by atoms with E-state index < -0.39 is 0 Å². The molecule has 128 valence electrons. The fourth-order valence-corrected chi connectivity index (χ4v) is 4.85. The highest BCUT2D eigenvalue weighted by Crippen LogP contribution is 2.32. The maximum Gasteiger partial charge on any atom is 0.161 e. The standard InChI is InChI=1S/C15H24N2OS2.2ClH/c1-12-11-14(13(2)18)15(20-12)19-10-4-5-17-8-6-16(3)7-9-17;;/h11H,4-10H2,1-3H3;2*1H. The van der Waals surface area contributed by atoms with Gasteiger partial charge in [0.25, 0.3) is 0 Å². The number of carbonyl (C=O) groups excluding carboxylic acids is 1. The highest BCUT2D eigenvalue weighted by molar-refractivity contribution is 8.01. The number of thioether (sulfide) groups is 1. The number of carbonyl (C=O) groups is 1. The Labute approximate surface area is 154 Å². The fourth-order valence-electron chi connectivity index (χ4n) is 2.37. The van der Waals surface area contributed by atoms with Crippen LogP contribution >= 0.6 is 47.9 Å². The molecule has 1 aliphatic heterocycles. The molecular weight excluding hydrogens is 359 g/mol. The third-order valence-electron chi connectivity index (χ3n) is 3.65. The van der Waals surface area contributed by atoms with E-state index in [4.69, 9.17) is 0 Å². The van der Waals surface area contributed by atoms with Crippen molar-refractivity contribution in [3.8, 4) is 0 Å². The summed E-state index contributed by atoms with van der Waals surface area (Å²) in [5, 5.41) is 0. The summed E-state index contributed by atoms with van der Waals surface area (Å²) in [6.07, 6.45) is 1.20. The fraction of sp³-hybridized carbons (Fsp3) is 0.667. The molecule has 1 aromatic rings. The van der Waals surface area contributed by atoms with Gasteiger partial charge >= 0.3 is 0 Å². The van der Waals surface area contributed by atoms with Crippen LogP contribution in [0.25, 0.3) is 0 Å². The Balaban J connectivity index is 0.00000220. The van der Waals surface area contributed by atoms with Gasteiger partial charge < -0.3 is 9.80 Å². The van der Waals surface area contributed by atoms with Crippen molar-refractivity contribution < 1.29 is 4.79 Å². The minimum atomic E-state index is 0. The van der Waals surface area contributed by atoms with Gasteiger partial charge in [-0.3, -0.25) is 4.79 Å². The van der Waals surface area contributed by atoms with Crippen molar-refractivity contribution in [2.45, 2.75) is 24.5 Å². The predicted molar refractivity (Wildman–Crippen MR) is 103 cm³/mol. The quantitative estimate of drug-likeness (QED) is 0.422. The first-order chi connectivity index (χ1) is 9.56. The lowest BCUT2D eigenvalue weighted by Crippen LogP contribution is -2.44. The normalized spacial score (nSPS) is 16.0. The third-order valence-corrected chi connectivity index (χ3v) is 6.07. The van der Waals surface area contributed by atoms with Crippen LogP contribution < -0.4 is 0 Å². The van der Waals surface area contributed by atoms with Gasteiger partial charge in [-0.2, -0.15) is 0 Å². The van der Waals surface area contributed by atoms with E-state index in [1.165, 1.54) is 48.2 Å². The molecule has 1 fully saturated rings. The van der Waals surface area contributed by atoms with Crippen molar-refractivity contribution in [1.82, 2.24) is 9.80 Å². The van der Waals surface area contributed by atoms with E-state index >= 15 is 0 Å². The second kappa shape index (κ2) is 10.9. The van der Waals surface area contributed by atoms with Crippen molar-refractivity contribution in [1.29, 1.82) is 0 Å². The minimum absolute atomic E-state index is 0. The number of likely N-dealkylation sites (N-methyl/N-ethyl adjacent to an activating group) is 1. The summed E-state index contributed by atoms with van der Waals surface area (Å²) >= 11 is 3.60. The lowest BCUT2D eigenvalue weighted by molar-refractivity contribution is 0.101. The van der Waals surface area contributed by atoms with E-state index in [1.807, 2.05) is 17.8 Å². The smallest absolute Gasteiger partial charge is 0.161 e. The van der Waals surface area contributed by atoms with E-state index in [9.17, 15) is 4.79 Å². The van der Waals surface area contributed by atoms with Crippen LogP contribution in [-0.4, -0.2) is 61.1 Å². The topological polar surface area (TPSA) is 23.6 Å². The van der Waals surface area contributed by atoms with Crippen LogP contribution in [-0.2, 0) is 0 Å². The zero-order valence-corrected chi connectivity index (χ0v) is 16.7.